The summed E-state index contributed by atoms with van der Waals surface area (Å²) in [7, 11) is 1.70. The minimum absolute atomic E-state index is 0.0401. The molecule has 1 atom stereocenters. The average molecular weight is 320 g/mol. The van der Waals surface area contributed by atoms with Crippen molar-refractivity contribution in [2.24, 2.45) is 0 Å². The van der Waals surface area contributed by atoms with Gasteiger partial charge in [0.25, 0.3) is 0 Å². The largest absolute Gasteiger partial charge is 0.385 e. The molecule has 0 aromatic heterocycles. The lowest BCUT2D eigenvalue weighted by Gasteiger charge is -2.35. The first-order valence-electron chi connectivity index (χ1n) is 8.34. The number of para-hydroxylation sites is 1. The molecule has 1 heterocycles. The lowest BCUT2D eigenvalue weighted by atomic mass is 10.1. The first-order valence-corrected chi connectivity index (χ1v) is 8.34. The number of aryl methyl sites for hydroxylation is 2. The molecule has 0 saturated carbocycles. The van der Waals surface area contributed by atoms with E-state index in [1.54, 1.807) is 7.11 Å². The van der Waals surface area contributed by atoms with Crippen molar-refractivity contribution < 1.29 is 14.3 Å². The Labute approximate surface area is 139 Å². The molecule has 1 fully saturated rings. The summed E-state index contributed by atoms with van der Waals surface area (Å²) in [4.78, 5) is 14.7. The van der Waals surface area contributed by atoms with E-state index >= 15 is 0 Å². The summed E-state index contributed by atoms with van der Waals surface area (Å²) in [5.41, 5.74) is 3.24. The van der Waals surface area contributed by atoms with Crippen LogP contribution in [0.25, 0.3) is 0 Å². The number of methoxy groups -OCH3 is 1. The predicted molar refractivity (Wildman–Crippen MR) is 91.9 cm³/mol. The molecule has 0 bridgehead atoms. The molecule has 1 aliphatic heterocycles. The number of morpholine rings is 1. The number of benzene rings is 1. The summed E-state index contributed by atoms with van der Waals surface area (Å²) < 4.78 is 10.7. The molecule has 1 unspecified atom stereocenters. The van der Waals surface area contributed by atoms with Gasteiger partial charge in [-0.1, -0.05) is 25.1 Å². The van der Waals surface area contributed by atoms with Gasteiger partial charge in [-0.15, -0.1) is 0 Å². The summed E-state index contributed by atoms with van der Waals surface area (Å²) in [6.07, 6.45) is 1.79. The number of anilines is 1. The van der Waals surface area contributed by atoms with Crippen LogP contribution in [0.3, 0.4) is 0 Å². The molecule has 1 N–H and O–H groups in total. The molecular weight excluding hydrogens is 292 g/mol. The van der Waals surface area contributed by atoms with Crippen LogP contribution in [0.4, 0.5) is 5.69 Å². The van der Waals surface area contributed by atoms with Gasteiger partial charge in [-0.3, -0.25) is 9.69 Å². The van der Waals surface area contributed by atoms with E-state index in [1.807, 2.05) is 19.1 Å². The van der Waals surface area contributed by atoms with E-state index in [-0.39, 0.29) is 11.9 Å². The minimum atomic E-state index is 0.0401. The Hall–Kier alpha value is -1.43. The quantitative estimate of drug-likeness (QED) is 0.837. The molecule has 0 aliphatic carbocycles. The van der Waals surface area contributed by atoms with E-state index in [0.29, 0.717) is 26.4 Å². The van der Waals surface area contributed by atoms with Gasteiger partial charge in [-0.05, 0) is 30.9 Å². The third-order valence-corrected chi connectivity index (χ3v) is 4.36. The maximum absolute atomic E-state index is 12.5. The number of amides is 1. The van der Waals surface area contributed by atoms with E-state index in [2.05, 4.69) is 23.2 Å². The normalized spacial score (nSPS) is 18.8. The third-order valence-electron chi connectivity index (χ3n) is 4.36. The van der Waals surface area contributed by atoms with Gasteiger partial charge >= 0.3 is 0 Å². The van der Waals surface area contributed by atoms with Crippen LogP contribution in [-0.4, -0.2) is 56.9 Å². The fourth-order valence-corrected chi connectivity index (χ4v) is 2.98. The number of carbonyl (C=O) groups is 1. The predicted octanol–water partition coefficient (Wildman–Crippen LogP) is 2.23. The summed E-state index contributed by atoms with van der Waals surface area (Å²) in [5.74, 6) is 0.0401. The van der Waals surface area contributed by atoms with E-state index < -0.39 is 0 Å². The van der Waals surface area contributed by atoms with E-state index in [9.17, 15) is 4.79 Å². The number of carbonyl (C=O) groups excluding carboxylic acids is 1. The Morgan fingerprint density at radius 2 is 2.30 bits per heavy atom. The standard InChI is InChI=1S/C18H28N2O3/c1-4-15-7-5-6-14(2)18(15)19-17(21)12-20-9-11-23-13-16(20)8-10-22-3/h5-7,16H,4,8-13H2,1-3H3,(H,19,21). The van der Waals surface area contributed by atoms with Crippen molar-refractivity contribution in [1.82, 2.24) is 4.90 Å². The first kappa shape index (κ1) is 17.9. The second-order valence-electron chi connectivity index (χ2n) is 5.99. The number of rotatable bonds is 7. The zero-order valence-electron chi connectivity index (χ0n) is 14.4. The van der Waals surface area contributed by atoms with Crippen molar-refractivity contribution in [3.8, 4) is 0 Å². The highest BCUT2D eigenvalue weighted by Crippen LogP contribution is 2.21. The summed E-state index contributed by atoms with van der Waals surface area (Å²) in [6.45, 7) is 7.36. The molecule has 1 aromatic carbocycles. The summed E-state index contributed by atoms with van der Waals surface area (Å²) in [5, 5.41) is 3.10. The number of hydrogen-bond donors (Lipinski definition) is 1. The molecule has 1 saturated heterocycles. The molecule has 0 spiro atoms. The maximum Gasteiger partial charge on any atom is 0.238 e. The Bertz CT molecular complexity index is 519. The summed E-state index contributed by atoms with van der Waals surface area (Å²) in [6, 6.07) is 6.38. The Morgan fingerprint density at radius 1 is 1.48 bits per heavy atom. The average Bonchev–Trinajstić information content (AvgIpc) is 2.56. The maximum atomic E-state index is 12.5. The topological polar surface area (TPSA) is 50.8 Å². The number of hydrogen-bond acceptors (Lipinski definition) is 4. The minimum Gasteiger partial charge on any atom is -0.385 e. The molecule has 5 nitrogen and oxygen atoms in total. The lowest BCUT2D eigenvalue weighted by Crippen LogP contribution is -2.49. The highest BCUT2D eigenvalue weighted by Gasteiger charge is 2.24. The fourth-order valence-electron chi connectivity index (χ4n) is 2.98. The van der Waals surface area contributed by atoms with Crippen LogP contribution in [0, 0.1) is 6.92 Å². The smallest absolute Gasteiger partial charge is 0.238 e. The number of nitrogens with one attached hydrogen (secondary N) is 1. The van der Waals surface area contributed by atoms with Gasteiger partial charge in [0.05, 0.1) is 19.8 Å². The monoisotopic (exact) mass is 320 g/mol. The molecule has 128 valence electrons. The fraction of sp³-hybridized carbons (Fsp3) is 0.611. The van der Waals surface area contributed by atoms with Crippen LogP contribution in [0.2, 0.25) is 0 Å². The zero-order chi connectivity index (χ0) is 16.7. The van der Waals surface area contributed by atoms with Crippen molar-refractivity contribution in [3.63, 3.8) is 0 Å². The Kier molecular flexibility index (Phi) is 7.02. The van der Waals surface area contributed by atoms with Gasteiger partial charge in [0.15, 0.2) is 0 Å². The summed E-state index contributed by atoms with van der Waals surface area (Å²) >= 11 is 0. The van der Waals surface area contributed by atoms with Crippen LogP contribution < -0.4 is 5.32 Å². The van der Waals surface area contributed by atoms with Gasteiger partial charge in [-0.2, -0.15) is 0 Å². The molecule has 5 heteroatoms. The van der Waals surface area contributed by atoms with E-state index in [4.69, 9.17) is 9.47 Å². The molecule has 23 heavy (non-hydrogen) atoms. The second-order valence-corrected chi connectivity index (χ2v) is 5.99. The SMILES string of the molecule is CCc1cccc(C)c1NC(=O)CN1CCOCC1CCOC. The molecule has 0 radical (unpaired) electrons. The van der Waals surface area contributed by atoms with E-state index in [0.717, 1.165) is 30.6 Å². The van der Waals surface area contributed by atoms with Crippen LogP contribution in [-0.2, 0) is 20.7 Å². The van der Waals surface area contributed by atoms with Crippen LogP contribution in [0.5, 0.6) is 0 Å². The van der Waals surface area contributed by atoms with E-state index in [1.165, 1.54) is 5.56 Å². The van der Waals surface area contributed by atoms with Gasteiger partial charge in [0, 0.05) is 32.0 Å². The lowest BCUT2D eigenvalue weighted by molar-refractivity contribution is -0.120. The second kappa shape index (κ2) is 9.01. The van der Waals surface area contributed by atoms with Crippen LogP contribution in [0.15, 0.2) is 18.2 Å². The van der Waals surface area contributed by atoms with Gasteiger partial charge in [-0.25, -0.2) is 0 Å². The zero-order valence-corrected chi connectivity index (χ0v) is 14.4. The van der Waals surface area contributed by atoms with Crippen molar-refractivity contribution >= 4 is 11.6 Å². The highest BCUT2D eigenvalue weighted by molar-refractivity contribution is 5.93. The van der Waals surface area contributed by atoms with Crippen molar-refractivity contribution in [2.45, 2.75) is 32.7 Å². The molecule has 1 aromatic rings. The first-order chi connectivity index (χ1) is 11.2. The van der Waals surface area contributed by atoms with Gasteiger partial charge in [0.2, 0.25) is 5.91 Å². The van der Waals surface area contributed by atoms with Gasteiger partial charge < -0.3 is 14.8 Å². The number of ether oxygens (including phenoxy) is 2. The van der Waals surface area contributed by atoms with Crippen LogP contribution in [0.1, 0.15) is 24.5 Å². The Balaban J connectivity index is 1.98. The number of nitrogens with zero attached hydrogens (tertiary/aromatic N) is 1. The van der Waals surface area contributed by atoms with Crippen molar-refractivity contribution in [2.75, 3.05) is 45.3 Å². The van der Waals surface area contributed by atoms with Gasteiger partial charge in [0.1, 0.15) is 0 Å². The molecular formula is C18H28N2O3. The molecule has 2 rings (SSSR count). The third kappa shape index (κ3) is 5.03. The Morgan fingerprint density at radius 3 is 3.04 bits per heavy atom. The highest BCUT2D eigenvalue weighted by atomic mass is 16.5. The van der Waals surface area contributed by atoms with Crippen LogP contribution >= 0.6 is 0 Å². The van der Waals surface area contributed by atoms with Crippen molar-refractivity contribution in [1.29, 1.82) is 0 Å². The molecule has 1 amide bonds. The van der Waals surface area contributed by atoms with Crippen molar-refractivity contribution in [3.05, 3.63) is 29.3 Å². The molecule has 1 aliphatic rings.